The number of aliphatic hydroxyl groups is 1. The third-order valence-electron chi connectivity index (χ3n) is 6.88. The summed E-state index contributed by atoms with van der Waals surface area (Å²) < 4.78 is 5.47. The minimum Gasteiger partial charge on any atom is -0.386 e. The summed E-state index contributed by atoms with van der Waals surface area (Å²) in [7, 11) is 0. The van der Waals surface area contributed by atoms with E-state index >= 15 is 0 Å². The van der Waals surface area contributed by atoms with Crippen molar-refractivity contribution in [2.24, 2.45) is 5.92 Å². The molecule has 1 saturated carbocycles. The van der Waals surface area contributed by atoms with Gasteiger partial charge in [-0.15, -0.1) is 21.5 Å². The zero-order chi connectivity index (χ0) is 21.5. The standard InChI is InChI=1S/C23H28N6O2S/c30-21(23-24-20(14-32-23)15-3-4-15)16-2-1-7-29(13-16)22-18-6-5-17(12-19(18)25-27-26-22)28-8-10-31-11-9-28/h5-6,12,14-16,21,30H,1-4,7-11,13H2/t16-,21-/m0/s1. The third-order valence-corrected chi connectivity index (χ3v) is 7.82. The highest BCUT2D eigenvalue weighted by atomic mass is 32.1. The van der Waals surface area contributed by atoms with E-state index in [2.05, 4.69) is 48.8 Å². The van der Waals surface area contributed by atoms with Crippen LogP contribution in [0.25, 0.3) is 10.9 Å². The van der Waals surface area contributed by atoms with Crippen LogP contribution in [0.5, 0.6) is 0 Å². The van der Waals surface area contributed by atoms with Crippen molar-refractivity contribution in [3.8, 4) is 0 Å². The molecular formula is C23H28N6O2S. The number of thiazole rings is 1. The van der Waals surface area contributed by atoms with Gasteiger partial charge in [-0.1, -0.05) is 0 Å². The topological polar surface area (TPSA) is 87.5 Å². The molecule has 2 saturated heterocycles. The Hall–Kier alpha value is -2.36. The van der Waals surface area contributed by atoms with Crippen LogP contribution < -0.4 is 9.80 Å². The quantitative estimate of drug-likeness (QED) is 0.632. The van der Waals surface area contributed by atoms with Gasteiger partial charge in [-0.05, 0) is 49.1 Å². The molecule has 2 aromatic heterocycles. The van der Waals surface area contributed by atoms with Crippen molar-refractivity contribution >= 4 is 33.7 Å². The molecule has 2 atom stereocenters. The molecular weight excluding hydrogens is 424 g/mol. The maximum absolute atomic E-state index is 11.1. The Bertz CT molecular complexity index is 1100. The largest absolute Gasteiger partial charge is 0.386 e. The molecule has 0 bridgehead atoms. The molecule has 0 unspecified atom stereocenters. The van der Waals surface area contributed by atoms with Crippen LogP contribution in [-0.2, 0) is 4.74 Å². The SMILES string of the molecule is O[C@H](c1nc(C2CC2)cs1)[C@H]1CCCN(c2nnnc3cc(N4CCOCC4)ccc23)C1. The van der Waals surface area contributed by atoms with Gasteiger partial charge in [-0.2, -0.15) is 0 Å². The Labute approximate surface area is 191 Å². The highest BCUT2D eigenvalue weighted by Gasteiger charge is 2.32. The van der Waals surface area contributed by atoms with Crippen molar-refractivity contribution in [2.45, 2.75) is 37.7 Å². The van der Waals surface area contributed by atoms with Gasteiger partial charge in [0.05, 0.1) is 18.9 Å². The summed E-state index contributed by atoms with van der Waals surface area (Å²) in [5.74, 6) is 1.62. The summed E-state index contributed by atoms with van der Waals surface area (Å²) in [5.41, 5.74) is 3.17. The number of morpholine rings is 1. The van der Waals surface area contributed by atoms with Crippen molar-refractivity contribution in [3.63, 3.8) is 0 Å². The van der Waals surface area contributed by atoms with Crippen molar-refractivity contribution < 1.29 is 9.84 Å². The van der Waals surface area contributed by atoms with Crippen LogP contribution in [0.15, 0.2) is 23.6 Å². The molecule has 32 heavy (non-hydrogen) atoms. The van der Waals surface area contributed by atoms with Crippen LogP contribution in [0.2, 0.25) is 0 Å². The number of nitrogens with zero attached hydrogens (tertiary/aromatic N) is 6. The van der Waals surface area contributed by atoms with Crippen LogP contribution in [-0.4, -0.2) is 64.9 Å². The number of hydrogen-bond acceptors (Lipinski definition) is 9. The van der Waals surface area contributed by atoms with Crippen molar-refractivity contribution in [3.05, 3.63) is 34.3 Å². The van der Waals surface area contributed by atoms with E-state index in [0.717, 1.165) is 79.7 Å². The number of hydrogen-bond donors (Lipinski definition) is 1. The number of ether oxygens (including phenoxy) is 1. The first-order valence-corrected chi connectivity index (χ1v) is 12.5. The Morgan fingerprint density at radius 2 is 1.94 bits per heavy atom. The van der Waals surface area contributed by atoms with Crippen LogP contribution in [0.1, 0.15) is 48.4 Å². The van der Waals surface area contributed by atoms with E-state index in [4.69, 9.17) is 9.72 Å². The molecule has 168 valence electrons. The Balaban J connectivity index is 1.22. The van der Waals surface area contributed by atoms with Gasteiger partial charge >= 0.3 is 0 Å². The lowest BCUT2D eigenvalue weighted by atomic mass is 9.92. The third kappa shape index (κ3) is 3.93. The molecule has 1 aliphatic carbocycles. The first-order valence-electron chi connectivity index (χ1n) is 11.6. The molecule has 0 amide bonds. The van der Waals surface area contributed by atoms with Gasteiger partial charge in [0.25, 0.3) is 0 Å². The van der Waals surface area contributed by atoms with Gasteiger partial charge in [-0.25, -0.2) is 4.98 Å². The van der Waals surface area contributed by atoms with E-state index in [1.807, 2.05) is 0 Å². The van der Waals surface area contributed by atoms with E-state index in [1.165, 1.54) is 18.5 Å². The molecule has 2 aliphatic heterocycles. The molecule has 0 radical (unpaired) electrons. The van der Waals surface area contributed by atoms with Crippen molar-refractivity contribution in [2.75, 3.05) is 49.2 Å². The smallest absolute Gasteiger partial charge is 0.162 e. The summed E-state index contributed by atoms with van der Waals surface area (Å²) in [6, 6.07) is 6.36. The number of fused-ring (bicyclic) bond motifs is 1. The monoisotopic (exact) mass is 452 g/mol. The number of anilines is 2. The Morgan fingerprint density at radius 3 is 2.78 bits per heavy atom. The molecule has 1 aromatic carbocycles. The van der Waals surface area contributed by atoms with Gasteiger partial charge < -0.3 is 19.6 Å². The number of benzene rings is 1. The average Bonchev–Trinajstić information content (AvgIpc) is 3.60. The van der Waals surface area contributed by atoms with Crippen molar-refractivity contribution in [1.29, 1.82) is 0 Å². The summed E-state index contributed by atoms with van der Waals surface area (Å²) >= 11 is 1.60. The predicted octanol–water partition coefficient (Wildman–Crippen LogP) is 3.15. The minimum atomic E-state index is -0.524. The highest BCUT2D eigenvalue weighted by Crippen LogP contribution is 2.42. The fourth-order valence-corrected chi connectivity index (χ4v) is 5.85. The van der Waals surface area contributed by atoms with E-state index in [0.29, 0.717) is 5.92 Å². The normalized spacial score (nSPS) is 23.0. The van der Waals surface area contributed by atoms with E-state index in [9.17, 15) is 5.11 Å². The first-order chi connectivity index (χ1) is 15.8. The van der Waals surface area contributed by atoms with Crippen LogP contribution in [0.4, 0.5) is 11.5 Å². The lowest BCUT2D eigenvalue weighted by molar-refractivity contribution is 0.0976. The second kappa shape index (κ2) is 8.53. The number of aromatic nitrogens is 4. The van der Waals surface area contributed by atoms with Crippen LogP contribution in [0.3, 0.4) is 0 Å². The molecule has 3 aromatic rings. The first kappa shape index (κ1) is 20.3. The molecule has 3 aliphatic rings. The molecule has 1 N–H and O–H groups in total. The lowest BCUT2D eigenvalue weighted by Crippen LogP contribution is -2.38. The maximum atomic E-state index is 11.1. The van der Waals surface area contributed by atoms with Gasteiger partial charge in [0.2, 0.25) is 0 Å². The second-order valence-electron chi connectivity index (χ2n) is 9.09. The summed E-state index contributed by atoms with van der Waals surface area (Å²) in [6.45, 7) is 4.95. The van der Waals surface area contributed by atoms with Crippen LogP contribution >= 0.6 is 11.3 Å². The fraction of sp³-hybridized carbons (Fsp3) is 0.565. The number of aliphatic hydroxyl groups excluding tert-OH is 1. The van der Waals surface area contributed by atoms with Gasteiger partial charge in [0, 0.05) is 54.5 Å². The van der Waals surface area contributed by atoms with E-state index < -0.39 is 6.10 Å². The lowest BCUT2D eigenvalue weighted by Gasteiger charge is -2.35. The summed E-state index contributed by atoms with van der Waals surface area (Å²) in [6.07, 6.45) is 3.95. The predicted molar refractivity (Wildman–Crippen MR) is 124 cm³/mol. The average molecular weight is 453 g/mol. The fourth-order valence-electron chi connectivity index (χ4n) is 4.88. The Kier molecular flexibility index (Phi) is 5.40. The summed E-state index contributed by atoms with van der Waals surface area (Å²) in [4.78, 5) is 9.33. The maximum Gasteiger partial charge on any atom is 0.162 e. The minimum absolute atomic E-state index is 0.139. The van der Waals surface area contributed by atoms with Gasteiger partial charge in [0.1, 0.15) is 16.6 Å². The zero-order valence-electron chi connectivity index (χ0n) is 18.1. The number of piperidine rings is 1. The molecule has 3 fully saturated rings. The second-order valence-corrected chi connectivity index (χ2v) is 9.98. The molecule has 8 nitrogen and oxygen atoms in total. The molecule has 4 heterocycles. The molecule has 0 spiro atoms. The van der Waals surface area contributed by atoms with E-state index in [1.54, 1.807) is 11.3 Å². The molecule has 9 heteroatoms. The number of rotatable bonds is 5. The van der Waals surface area contributed by atoms with Crippen molar-refractivity contribution in [1.82, 2.24) is 20.4 Å². The van der Waals surface area contributed by atoms with Gasteiger partial charge in [0.15, 0.2) is 5.82 Å². The van der Waals surface area contributed by atoms with Gasteiger partial charge in [-0.3, -0.25) is 0 Å². The Morgan fingerprint density at radius 1 is 1.06 bits per heavy atom. The van der Waals surface area contributed by atoms with Crippen LogP contribution in [0, 0.1) is 5.92 Å². The van der Waals surface area contributed by atoms with E-state index in [-0.39, 0.29) is 5.92 Å². The summed E-state index contributed by atoms with van der Waals surface area (Å²) in [5, 5.41) is 27.9. The highest BCUT2D eigenvalue weighted by molar-refractivity contribution is 7.09. The zero-order valence-corrected chi connectivity index (χ0v) is 18.9. The molecule has 6 rings (SSSR count).